The van der Waals surface area contributed by atoms with Crippen LogP contribution in [0.4, 0.5) is 0 Å². The summed E-state index contributed by atoms with van der Waals surface area (Å²) < 4.78 is 5.38. The maximum absolute atomic E-state index is 9.61. The third kappa shape index (κ3) is 4.50. The number of aliphatic hydroxyl groups is 1. The number of rotatable bonds is 5. The highest BCUT2D eigenvalue weighted by atomic mass is 16.5. The van der Waals surface area contributed by atoms with E-state index in [4.69, 9.17) is 10.5 Å². The Labute approximate surface area is 111 Å². The zero-order valence-electron chi connectivity index (χ0n) is 12.4. The molecular formula is C14H30N2O2. The number of likely N-dealkylation sites (N-methyl/N-ethyl adjacent to an activating group) is 1. The van der Waals surface area contributed by atoms with E-state index in [1.54, 1.807) is 0 Å². The Bertz CT molecular complexity index is 234. The molecule has 1 rings (SSSR count). The minimum absolute atomic E-state index is 0.0112. The lowest BCUT2D eigenvalue weighted by Crippen LogP contribution is -2.55. The van der Waals surface area contributed by atoms with E-state index >= 15 is 0 Å². The van der Waals surface area contributed by atoms with Crippen LogP contribution < -0.4 is 5.73 Å². The van der Waals surface area contributed by atoms with Crippen molar-refractivity contribution >= 4 is 0 Å². The van der Waals surface area contributed by atoms with Crippen LogP contribution in [-0.4, -0.2) is 55.5 Å². The molecule has 2 atom stereocenters. The third-order valence-corrected chi connectivity index (χ3v) is 4.05. The predicted octanol–water partition coefficient (Wildman–Crippen LogP) is 1.08. The van der Waals surface area contributed by atoms with Crippen LogP contribution >= 0.6 is 0 Å². The molecule has 1 aliphatic heterocycles. The molecule has 0 aromatic heterocycles. The van der Waals surface area contributed by atoms with Crippen molar-refractivity contribution in [3.05, 3.63) is 0 Å². The first-order valence-corrected chi connectivity index (χ1v) is 7.00. The molecular weight excluding hydrogens is 228 g/mol. The molecule has 3 N–H and O–H groups in total. The lowest BCUT2D eigenvalue weighted by Gasteiger charge is -2.40. The molecule has 1 aliphatic rings. The summed E-state index contributed by atoms with van der Waals surface area (Å²) in [5.74, 6) is 0.671. The highest BCUT2D eigenvalue weighted by Gasteiger charge is 2.32. The molecule has 0 saturated carbocycles. The number of ether oxygens (including phenoxy) is 1. The number of nitrogens with zero attached hydrogens (tertiary/aromatic N) is 1. The fourth-order valence-corrected chi connectivity index (χ4v) is 2.58. The molecule has 1 heterocycles. The van der Waals surface area contributed by atoms with Crippen LogP contribution in [0.2, 0.25) is 0 Å². The zero-order valence-corrected chi connectivity index (χ0v) is 12.4. The van der Waals surface area contributed by atoms with Crippen LogP contribution in [0.15, 0.2) is 0 Å². The molecule has 1 saturated heterocycles. The monoisotopic (exact) mass is 258 g/mol. The average Bonchev–Trinajstić information content (AvgIpc) is 2.29. The minimum Gasteiger partial charge on any atom is -0.395 e. The standard InChI is InChI=1S/C14H30N2O2/c1-14(2,3)13(15)12(10-17)16(4)9-11-5-7-18-8-6-11/h11-13,17H,5-10,15H2,1-4H3. The van der Waals surface area contributed by atoms with Gasteiger partial charge in [-0.15, -0.1) is 0 Å². The van der Waals surface area contributed by atoms with Crippen molar-refractivity contribution in [2.45, 2.75) is 45.7 Å². The molecule has 4 heteroatoms. The quantitative estimate of drug-likeness (QED) is 0.775. The van der Waals surface area contributed by atoms with E-state index < -0.39 is 0 Å². The van der Waals surface area contributed by atoms with Gasteiger partial charge in [-0.2, -0.15) is 0 Å². The van der Waals surface area contributed by atoms with Gasteiger partial charge < -0.3 is 15.6 Å². The second kappa shape index (κ2) is 6.85. The molecule has 4 nitrogen and oxygen atoms in total. The summed E-state index contributed by atoms with van der Waals surface area (Å²) in [5, 5.41) is 9.61. The molecule has 0 amide bonds. The second-order valence-corrected chi connectivity index (χ2v) is 6.64. The summed E-state index contributed by atoms with van der Waals surface area (Å²) in [4.78, 5) is 2.23. The Morgan fingerprint density at radius 2 is 1.89 bits per heavy atom. The van der Waals surface area contributed by atoms with E-state index in [1.807, 2.05) is 0 Å². The summed E-state index contributed by atoms with van der Waals surface area (Å²) in [6, 6.07) is 0.0141. The summed E-state index contributed by atoms with van der Waals surface area (Å²) in [6.45, 7) is 9.24. The van der Waals surface area contributed by atoms with Gasteiger partial charge in [0.05, 0.1) is 6.61 Å². The van der Waals surface area contributed by atoms with Crippen molar-refractivity contribution in [3.63, 3.8) is 0 Å². The van der Waals surface area contributed by atoms with Crippen molar-refractivity contribution in [2.24, 2.45) is 17.1 Å². The molecule has 18 heavy (non-hydrogen) atoms. The first kappa shape index (κ1) is 15.9. The van der Waals surface area contributed by atoms with Gasteiger partial charge in [0.1, 0.15) is 0 Å². The fourth-order valence-electron chi connectivity index (χ4n) is 2.58. The maximum atomic E-state index is 9.61. The van der Waals surface area contributed by atoms with Crippen LogP contribution in [0.25, 0.3) is 0 Å². The highest BCUT2D eigenvalue weighted by Crippen LogP contribution is 2.24. The van der Waals surface area contributed by atoms with Gasteiger partial charge in [-0.05, 0) is 31.2 Å². The van der Waals surface area contributed by atoms with Crippen LogP contribution in [0.1, 0.15) is 33.6 Å². The van der Waals surface area contributed by atoms with Gasteiger partial charge >= 0.3 is 0 Å². The van der Waals surface area contributed by atoms with E-state index in [1.165, 1.54) is 0 Å². The Morgan fingerprint density at radius 3 is 2.33 bits per heavy atom. The fraction of sp³-hybridized carbons (Fsp3) is 1.00. The van der Waals surface area contributed by atoms with Crippen molar-refractivity contribution in [1.29, 1.82) is 0 Å². The van der Waals surface area contributed by atoms with E-state index in [2.05, 4.69) is 32.7 Å². The number of hydrogen-bond acceptors (Lipinski definition) is 4. The molecule has 0 radical (unpaired) electrons. The second-order valence-electron chi connectivity index (χ2n) is 6.64. The van der Waals surface area contributed by atoms with Gasteiger partial charge in [0, 0.05) is 31.8 Å². The maximum Gasteiger partial charge on any atom is 0.0602 e. The van der Waals surface area contributed by atoms with Crippen molar-refractivity contribution < 1.29 is 9.84 Å². The van der Waals surface area contributed by atoms with Gasteiger partial charge in [-0.25, -0.2) is 0 Å². The highest BCUT2D eigenvalue weighted by molar-refractivity contribution is 4.89. The SMILES string of the molecule is CN(CC1CCOCC1)C(CO)C(N)C(C)(C)C. The van der Waals surface area contributed by atoms with Gasteiger partial charge in [0.2, 0.25) is 0 Å². The lowest BCUT2D eigenvalue weighted by atomic mass is 9.82. The summed E-state index contributed by atoms with van der Waals surface area (Å²) >= 11 is 0. The molecule has 0 spiro atoms. The summed E-state index contributed by atoms with van der Waals surface area (Å²) in [5.41, 5.74) is 6.30. The van der Waals surface area contributed by atoms with Crippen molar-refractivity contribution in [3.8, 4) is 0 Å². The van der Waals surface area contributed by atoms with Crippen LogP contribution in [0.5, 0.6) is 0 Å². The van der Waals surface area contributed by atoms with Crippen LogP contribution in [0.3, 0.4) is 0 Å². The average molecular weight is 258 g/mol. The first-order chi connectivity index (χ1) is 8.36. The normalized spacial score (nSPS) is 22.2. The topological polar surface area (TPSA) is 58.7 Å². The smallest absolute Gasteiger partial charge is 0.0602 e. The molecule has 0 aromatic rings. The molecule has 0 bridgehead atoms. The van der Waals surface area contributed by atoms with Crippen LogP contribution in [-0.2, 0) is 4.74 Å². The van der Waals surface area contributed by atoms with Crippen molar-refractivity contribution in [1.82, 2.24) is 4.90 Å². The van der Waals surface area contributed by atoms with Gasteiger partial charge in [-0.1, -0.05) is 20.8 Å². The van der Waals surface area contributed by atoms with Gasteiger partial charge in [0.15, 0.2) is 0 Å². The number of aliphatic hydroxyl groups excluding tert-OH is 1. The molecule has 0 aliphatic carbocycles. The van der Waals surface area contributed by atoms with E-state index in [-0.39, 0.29) is 24.1 Å². The summed E-state index contributed by atoms with van der Waals surface area (Å²) in [7, 11) is 2.07. The number of hydrogen-bond donors (Lipinski definition) is 2. The van der Waals surface area contributed by atoms with Crippen molar-refractivity contribution in [2.75, 3.05) is 33.4 Å². The Kier molecular flexibility index (Phi) is 6.05. The Hall–Kier alpha value is -0.160. The Morgan fingerprint density at radius 1 is 1.33 bits per heavy atom. The molecule has 1 fully saturated rings. The first-order valence-electron chi connectivity index (χ1n) is 7.00. The van der Waals surface area contributed by atoms with E-state index in [0.717, 1.165) is 32.6 Å². The molecule has 108 valence electrons. The largest absolute Gasteiger partial charge is 0.395 e. The van der Waals surface area contributed by atoms with Gasteiger partial charge in [0.25, 0.3) is 0 Å². The van der Waals surface area contributed by atoms with Gasteiger partial charge in [-0.3, -0.25) is 4.90 Å². The molecule has 2 unspecified atom stereocenters. The Balaban J connectivity index is 2.53. The van der Waals surface area contributed by atoms with Crippen LogP contribution in [0, 0.1) is 11.3 Å². The predicted molar refractivity (Wildman–Crippen MR) is 74.5 cm³/mol. The number of nitrogens with two attached hydrogens (primary N) is 1. The third-order valence-electron chi connectivity index (χ3n) is 4.05. The summed E-state index contributed by atoms with van der Waals surface area (Å²) in [6.07, 6.45) is 2.24. The van der Waals surface area contributed by atoms with E-state index in [9.17, 15) is 5.11 Å². The van der Waals surface area contributed by atoms with E-state index in [0.29, 0.717) is 5.92 Å². The molecule has 0 aromatic carbocycles. The lowest BCUT2D eigenvalue weighted by molar-refractivity contribution is 0.0327. The minimum atomic E-state index is -0.0210. The zero-order chi connectivity index (χ0) is 13.8.